The van der Waals surface area contributed by atoms with Gasteiger partial charge in [-0.15, -0.1) is 11.5 Å². The molecule has 1 rings (SSSR count). The molecule has 0 aliphatic carbocycles. The number of carboxylic acids is 1. The fourth-order valence-electron chi connectivity index (χ4n) is 1.93. The fraction of sp³-hybridized carbons (Fsp3) is 0.500. The first-order valence-corrected chi connectivity index (χ1v) is 11.6. The van der Waals surface area contributed by atoms with Crippen molar-refractivity contribution in [3.05, 3.63) is 35.9 Å². The summed E-state index contributed by atoms with van der Waals surface area (Å²) >= 11 is 0. The number of aryl methyl sites for hydroxylation is 1. The smallest absolute Gasteiger partial charge is 0.327 e. The highest BCUT2D eigenvalue weighted by atomic mass is 28.3. The Kier molecular flexibility index (Phi) is 7.44. The second kappa shape index (κ2) is 8.86. The first-order valence-electron chi connectivity index (χ1n) is 8.59. The van der Waals surface area contributed by atoms with Gasteiger partial charge in [-0.05, 0) is 17.0 Å². The standard InChI is InChI=1S/C20H29NO3Si/c1-20(2,3)25(4,5)15-9-12-17(19(23)24)21-18(22)14-13-16-10-7-6-8-11-16/h6-8,10-11,17H,12-14H2,1-5H3,(H,21,22)(H,23,24)/t17-/m0/s1. The van der Waals surface area contributed by atoms with Crippen LogP contribution in [0.15, 0.2) is 30.3 Å². The van der Waals surface area contributed by atoms with E-state index in [9.17, 15) is 14.7 Å². The second-order valence-corrected chi connectivity index (χ2v) is 12.8. The van der Waals surface area contributed by atoms with Crippen molar-refractivity contribution in [3.8, 4) is 11.5 Å². The molecule has 2 N–H and O–H groups in total. The molecule has 0 aliphatic heterocycles. The maximum absolute atomic E-state index is 12.0. The zero-order chi connectivity index (χ0) is 19.1. The van der Waals surface area contributed by atoms with E-state index >= 15 is 0 Å². The zero-order valence-electron chi connectivity index (χ0n) is 15.8. The van der Waals surface area contributed by atoms with Gasteiger partial charge in [0.25, 0.3) is 0 Å². The third-order valence-electron chi connectivity index (χ3n) is 4.70. The van der Waals surface area contributed by atoms with Gasteiger partial charge >= 0.3 is 5.97 Å². The first kappa shape index (κ1) is 21.0. The molecule has 25 heavy (non-hydrogen) atoms. The number of aliphatic carboxylic acids is 1. The molecule has 0 heterocycles. The van der Waals surface area contributed by atoms with E-state index in [2.05, 4.69) is 50.6 Å². The Morgan fingerprint density at radius 1 is 1.20 bits per heavy atom. The van der Waals surface area contributed by atoms with Crippen molar-refractivity contribution in [2.24, 2.45) is 0 Å². The predicted molar refractivity (Wildman–Crippen MR) is 104 cm³/mol. The van der Waals surface area contributed by atoms with Gasteiger partial charge in [0.2, 0.25) is 5.91 Å². The third-order valence-corrected chi connectivity index (χ3v) is 9.25. The van der Waals surface area contributed by atoms with E-state index in [4.69, 9.17) is 0 Å². The number of amides is 1. The van der Waals surface area contributed by atoms with Crippen molar-refractivity contribution in [1.29, 1.82) is 0 Å². The van der Waals surface area contributed by atoms with E-state index in [1.807, 2.05) is 30.3 Å². The highest BCUT2D eigenvalue weighted by Gasteiger charge is 2.33. The summed E-state index contributed by atoms with van der Waals surface area (Å²) in [6.07, 6.45) is 0.997. The van der Waals surface area contributed by atoms with E-state index in [1.165, 1.54) is 0 Å². The molecule has 136 valence electrons. The van der Waals surface area contributed by atoms with Gasteiger partial charge in [0.15, 0.2) is 0 Å². The van der Waals surface area contributed by atoms with Gasteiger partial charge in [-0.25, -0.2) is 4.79 Å². The number of benzene rings is 1. The van der Waals surface area contributed by atoms with E-state index in [0.717, 1.165) is 5.56 Å². The van der Waals surface area contributed by atoms with Crippen molar-refractivity contribution < 1.29 is 14.7 Å². The molecule has 0 aliphatic rings. The van der Waals surface area contributed by atoms with Crippen molar-refractivity contribution in [2.45, 2.75) is 64.2 Å². The Balaban J connectivity index is 2.60. The summed E-state index contributed by atoms with van der Waals surface area (Å²) in [5.74, 6) is 1.71. The van der Waals surface area contributed by atoms with Gasteiger partial charge in [0.1, 0.15) is 14.1 Å². The molecule has 0 saturated heterocycles. The Morgan fingerprint density at radius 3 is 2.32 bits per heavy atom. The number of carbonyl (C=O) groups is 2. The minimum atomic E-state index is -1.77. The van der Waals surface area contributed by atoms with E-state index in [1.54, 1.807) is 0 Å². The van der Waals surface area contributed by atoms with Gasteiger partial charge in [0, 0.05) is 12.8 Å². The molecule has 0 saturated carbocycles. The summed E-state index contributed by atoms with van der Waals surface area (Å²) in [7, 11) is -1.77. The maximum atomic E-state index is 12.0. The largest absolute Gasteiger partial charge is 0.480 e. The molecular formula is C20H29NO3Si. The minimum Gasteiger partial charge on any atom is -0.480 e. The summed E-state index contributed by atoms with van der Waals surface area (Å²) in [5.41, 5.74) is 4.35. The number of hydrogen-bond donors (Lipinski definition) is 2. The van der Waals surface area contributed by atoms with E-state index in [0.29, 0.717) is 6.42 Å². The van der Waals surface area contributed by atoms with Crippen LogP contribution in [0, 0.1) is 11.5 Å². The van der Waals surface area contributed by atoms with Crippen LogP contribution in [0.1, 0.15) is 39.2 Å². The third kappa shape index (κ3) is 7.14. The van der Waals surface area contributed by atoms with Crippen molar-refractivity contribution in [3.63, 3.8) is 0 Å². The van der Waals surface area contributed by atoms with Gasteiger partial charge in [-0.2, -0.15) is 0 Å². The lowest BCUT2D eigenvalue weighted by atomic mass is 10.1. The molecule has 0 radical (unpaired) electrons. The maximum Gasteiger partial charge on any atom is 0.327 e. The van der Waals surface area contributed by atoms with Crippen molar-refractivity contribution in [1.82, 2.24) is 5.32 Å². The fourth-order valence-corrected chi connectivity index (χ4v) is 2.85. The highest BCUT2D eigenvalue weighted by molar-refractivity contribution is 6.87. The first-order chi connectivity index (χ1) is 11.5. The molecule has 0 aromatic heterocycles. The number of carboxylic acid groups (broad SMARTS) is 1. The second-order valence-electron chi connectivity index (χ2n) is 7.82. The molecule has 1 aromatic carbocycles. The predicted octanol–water partition coefficient (Wildman–Crippen LogP) is 3.63. The molecule has 0 fully saturated rings. The van der Waals surface area contributed by atoms with Crippen LogP contribution in [0.3, 0.4) is 0 Å². The quantitative estimate of drug-likeness (QED) is 0.602. The lowest BCUT2D eigenvalue weighted by Crippen LogP contribution is -2.41. The van der Waals surface area contributed by atoms with Gasteiger partial charge in [-0.1, -0.05) is 64.2 Å². The van der Waals surface area contributed by atoms with E-state index in [-0.39, 0.29) is 23.8 Å². The van der Waals surface area contributed by atoms with Gasteiger partial charge in [-0.3, -0.25) is 4.79 Å². The topological polar surface area (TPSA) is 66.4 Å². The normalized spacial score (nSPS) is 12.7. The Labute approximate surface area is 152 Å². The van der Waals surface area contributed by atoms with Crippen LogP contribution in [0.2, 0.25) is 18.1 Å². The van der Waals surface area contributed by atoms with Crippen LogP contribution in [-0.2, 0) is 16.0 Å². The average Bonchev–Trinajstić information content (AvgIpc) is 2.51. The van der Waals surface area contributed by atoms with Crippen LogP contribution in [0.4, 0.5) is 0 Å². The molecule has 0 bridgehead atoms. The Morgan fingerprint density at radius 2 is 1.80 bits per heavy atom. The molecule has 0 unspecified atom stereocenters. The summed E-state index contributed by atoms with van der Waals surface area (Å²) < 4.78 is 0. The zero-order valence-corrected chi connectivity index (χ0v) is 16.8. The Bertz CT molecular complexity index is 651. The van der Waals surface area contributed by atoms with E-state index < -0.39 is 20.1 Å². The number of rotatable bonds is 6. The van der Waals surface area contributed by atoms with Crippen LogP contribution in [-0.4, -0.2) is 31.1 Å². The van der Waals surface area contributed by atoms with Gasteiger partial charge in [0.05, 0.1) is 0 Å². The molecule has 0 spiro atoms. The lowest BCUT2D eigenvalue weighted by Gasteiger charge is -2.31. The number of nitrogens with one attached hydrogen (secondary N) is 1. The van der Waals surface area contributed by atoms with Crippen LogP contribution < -0.4 is 5.32 Å². The van der Waals surface area contributed by atoms with Crippen molar-refractivity contribution >= 4 is 20.0 Å². The molecule has 1 aromatic rings. The summed E-state index contributed by atoms with van der Waals surface area (Å²) in [6.45, 7) is 10.8. The minimum absolute atomic E-state index is 0.123. The molecule has 1 atom stereocenters. The lowest BCUT2D eigenvalue weighted by molar-refractivity contribution is -0.141. The SMILES string of the molecule is CC(C)(C)[Si](C)(C)C#CC[C@H](NC(=O)CCc1ccccc1)C(=O)O. The average molecular weight is 360 g/mol. The summed E-state index contributed by atoms with van der Waals surface area (Å²) in [6, 6.07) is 8.71. The number of hydrogen-bond acceptors (Lipinski definition) is 2. The molecular weight excluding hydrogens is 330 g/mol. The van der Waals surface area contributed by atoms with Crippen LogP contribution in [0.25, 0.3) is 0 Å². The molecule has 5 heteroatoms. The summed E-state index contributed by atoms with van der Waals surface area (Å²) in [5, 5.41) is 12.0. The van der Waals surface area contributed by atoms with Crippen LogP contribution >= 0.6 is 0 Å². The highest BCUT2D eigenvalue weighted by Crippen LogP contribution is 2.35. The van der Waals surface area contributed by atoms with Gasteiger partial charge < -0.3 is 10.4 Å². The molecule has 4 nitrogen and oxygen atoms in total. The molecule has 1 amide bonds. The van der Waals surface area contributed by atoms with Crippen molar-refractivity contribution in [2.75, 3.05) is 0 Å². The Hall–Kier alpha value is -2.06. The monoisotopic (exact) mass is 359 g/mol. The van der Waals surface area contributed by atoms with Crippen LogP contribution in [0.5, 0.6) is 0 Å². The summed E-state index contributed by atoms with van der Waals surface area (Å²) in [4.78, 5) is 23.4. The number of carbonyl (C=O) groups excluding carboxylic acids is 1.